The number of nitrogens with one attached hydrogen (secondary N) is 1. The SMILES string of the molecule is O=C(C=Cc1ccc(Br)cc1)NC1CC(O)C1. The van der Waals surface area contributed by atoms with Gasteiger partial charge in [-0.25, -0.2) is 0 Å². The van der Waals surface area contributed by atoms with Crippen LogP contribution < -0.4 is 5.32 Å². The maximum absolute atomic E-state index is 11.5. The van der Waals surface area contributed by atoms with Crippen LogP contribution in [0, 0.1) is 0 Å². The van der Waals surface area contributed by atoms with Gasteiger partial charge in [0.1, 0.15) is 0 Å². The van der Waals surface area contributed by atoms with Gasteiger partial charge in [0.15, 0.2) is 0 Å². The summed E-state index contributed by atoms with van der Waals surface area (Å²) in [6.45, 7) is 0. The average Bonchev–Trinajstić information content (AvgIpc) is 2.26. The Morgan fingerprint density at radius 3 is 2.59 bits per heavy atom. The maximum atomic E-state index is 11.5. The van der Waals surface area contributed by atoms with Gasteiger partial charge in [-0.2, -0.15) is 0 Å². The quantitative estimate of drug-likeness (QED) is 0.839. The van der Waals surface area contributed by atoms with E-state index < -0.39 is 0 Å². The first kappa shape index (κ1) is 12.3. The zero-order valence-corrected chi connectivity index (χ0v) is 10.9. The second-order valence-electron chi connectivity index (χ2n) is 4.22. The predicted octanol–water partition coefficient (Wildman–Crippen LogP) is 2.10. The Kier molecular flexibility index (Phi) is 3.97. The Morgan fingerprint density at radius 2 is 2.00 bits per heavy atom. The van der Waals surface area contributed by atoms with Gasteiger partial charge >= 0.3 is 0 Å². The summed E-state index contributed by atoms with van der Waals surface area (Å²) in [7, 11) is 0. The fourth-order valence-electron chi connectivity index (χ4n) is 1.70. The molecule has 1 aliphatic carbocycles. The monoisotopic (exact) mass is 295 g/mol. The molecule has 1 aliphatic rings. The number of rotatable bonds is 3. The van der Waals surface area contributed by atoms with Gasteiger partial charge in [-0.1, -0.05) is 28.1 Å². The highest BCUT2D eigenvalue weighted by atomic mass is 79.9. The summed E-state index contributed by atoms with van der Waals surface area (Å²) in [6, 6.07) is 7.86. The van der Waals surface area contributed by atoms with Crippen molar-refractivity contribution in [3.05, 3.63) is 40.4 Å². The molecule has 0 heterocycles. The minimum atomic E-state index is -0.240. The third-order valence-corrected chi connectivity index (χ3v) is 3.29. The molecular formula is C13H14BrNO2. The van der Waals surface area contributed by atoms with E-state index in [0.29, 0.717) is 12.8 Å². The van der Waals surface area contributed by atoms with E-state index in [9.17, 15) is 4.79 Å². The van der Waals surface area contributed by atoms with Crippen LogP contribution in [0.4, 0.5) is 0 Å². The lowest BCUT2D eigenvalue weighted by atomic mass is 9.89. The zero-order chi connectivity index (χ0) is 12.3. The van der Waals surface area contributed by atoms with Gasteiger partial charge in [-0.05, 0) is 36.6 Å². The van der Waals surface area contributed by atoms with E-state index in [0.717, 1.165) is 10.0 Å². The summed E-state index contributed by atoms with van der Waals surface area (Å²) in [4.78, 5) is 11.5. The van der Waals surface area contributed by atoms with Crippen LogP contribution in [0.25, 0.3) is 6.08 Å². The molecule has 0 radical (unpaired) electrons. The third-order valence-electron chi connectivity index (χ3n) is 2.76. The number of benzene rings is 1. The smallest absolute Gasteiger partial charge is 0.244 e. The number of hydrogen-bond donors (Lipinski definition) is 2. The highest BCUT2D eigenvalue weighted by Crippen LogP contribution is 2.19. The summed E-state index contributed by atoms with van der Waals surface area (Å²) < 4.78 is 1.02. The summed E-state index contributed by atoms with van der Waals surface area (Å²) in [6.07, 6.45) is 4.39. The van der Waals surface area contributed by atoms with Crippen LogP contribution in [-0.4, -0.2) is 23.2 Å². The van der Waals surface area contributed by atoms with E-state index in [1.807, 2.05) is 24.3 Å². The van der Waals surface area contributed by atoms with Crippen molar-refractivity contribution in [1.82, 2.24) is 5.32 Å². The second-order valence-corrected chi connectivity index (χ2v) is 5.13. The number of halogens is 1. The molecule has 17 heavy (non-hydrogen) atoms. The van der Waals surface area contributed by atoms with Crippen molar-refractivity contribution in [2.75, 3.05) is 0 Å². The van der Waals surface area contributed by atoms with Crippen molar-refractivity contribution in [2.45, 2.75) is 25.0 Å². The van der Waals surface area contributed by atoms with Crippen LogP contribution in [0.15, 0.2) is 34.8 Å². The number of amides is 1. The number of aliphatic hydroxyl groups is 1. The molecule has 0 saturated heterocycles. The van der Waals surface area contributed by atoms with Crippen LogP contribution in [0.2, 0.25) is 0 Å². The molecule has 0 spiro atoms. The Labute approximate surface area is 109 Å². The zero-order valence-electron chi connectivity index (χ0n) is 9.27. The van der Waals surface area contributed by atoms with E-state index in [2.05, 4.69) is 21.2 Å². The molecule has 1 aromatic carbocycles. The van der Waals surface area contributed by atoms with Crippen LogP contribution in [0.1, 0.15) is 18.4 Å². The maximum Gasteiger partial charge on any atom is 0.244 e. The second kappa shape index (κ2) is 5.47. The van der Waals surface area contributed by atoms with Gasteiger partial charge in [0.2, 0.25) is 5.91 Å². The van der Waals surface area contributed by atoms with Crippen LogP contribution >= 0.6 is 15.9 Å². The minimum Gasteiger partial charge on any atom is -0.393 e. The van der Waals surface area contributed by atoms with E-state index in [1.165, 1.54) is 6.08 Å². The molecule has 3 nitrogen and oxygen atoms in total. The van der Waals surface area contributed by atoms with E-state index in [1.54, 1.807) is 6.08 Å². The summed E-state index contributed by atoms with van der Waals surface area (Å²) in [5.74, 6) is -0.107. The van der Waals surface area contributed by atoms with Crippen molar-refractivity contribution < 1.29 is 9.90 Å². The Hall–Kier alpha value is -1.13. The molecule has 1 amide bonds. The molecule has 4 heteroatoms. The van der Waals surface area contributed by atoms with Crippen LogP contribution in [-0.2, 0) is 4.79 Å². The van der Waals surface area contributed by atoms with Gasteiger partial charge in [-0.3, -0.25) is 4.79 Å². The molecule has 0 unspecified atom stereocenters. The Balaban J connectivity index is 1.83. The fraction of sp³-hybridized carbons (Fsp3) is 0.308. The normalized spacial score (nSPS) is 23.4. The summed E-state index contributed by atoms with van der Waals surface area (Å²) in [5.41, 5.74) is 0.983. The molecule has 0 aromatic heterocycles. The lowest BCUT2D eigenvalue weighted by molar-refractivity contribution is -0.118. The lowest BCUT2D eigenvalue weighted by Crippen LogP contribution is -2.46. The Bertz CT molecular complexity index is 422. The first-order valence-electron chi connectivity index (χ1n) is 5.56. The predicted molar refractivity (Wildman–Crippen MR) is 70.3 cm³/mol. The molecule has 2 N–H and O–H groups in total. The molecule has 0 aliphatic heterocycles. The standard InChI is InChI=1S/C13H14BrNO2/c14-10-4-1-9(2-5-10)3-6-13(17)15-11-7-12(16)8-11/h1-6,11-12,16H,7-8H2,(H,15,17). The van der Waals surface area contributed by atoms with Crippen molar-refractivity contribution in [3.63, 3.8) is 0 Å². The van der Waals surface area contributed by atoms with Crippen molar-refractivity contribution in [1.29, 1.82) is 0 Å². The van der Waals surface area contributed by atoms with Gasteiger partial charge in [-0.15, -0.1) is 0 Å². The van der Waals surface area contributed by atoms with E-state index in [-0.39, 0.29) is 18.1 Å². The summed E-state index contributed by atoms with van der Waals surface area (Å²) >= 11 is 3.35. The molecule has 2 rings (SSSR count). The largest absolute Gasteiger partial charge is 0.393 e. The number of carbonyl (C=O) groups excluding carboxylic acids is 1. The minimum absolute atomic E-state index is 0.107. The van der Waals surface area contributed by atoms with Crippen molar-refractivity contribution >= 4 is 27.9 Å². The topological polar surface area (TPSA) is 49.3 Å². The lowest BCUT2D eigenvalue weighted by Gasteiger charge is -2.31. The van der Waals surface area contributed by atoms with E-state index >= 15 is 0 Å². The molecular weight excluding hydrogens is 282 g/mol. The first-order chi connectivity index (χ1) is 8.13. The van der Waals surface area contributed by atoms with E-state index in [4.69, 9.17) is 5.11 Å². The molecule has 90 valence electrons. The van der Waals surface area contributed by atoms with Crippen LogP contribution in [0.3, 0.4) is 0 Å². The molecule has 0 bridgehead atoms. The number of hydrogen-bond acceptors (Lipinski definition) is 2. The van der Waals surface area contributed by atoms with Gasteiger partial charge in [0.05, 0.1) is 6.10 Å². The van der Waals surface area contributed by atoms with Crippen molar-refractivity contribution in [2.24, 2.45) is 0 Å². The Morgan fingerprint density at radius 1 is 1.35 bits per heavy atom. The first-order valence-corrected chi connectivity index (χ1v) is 6.35. The highest BCUT2D eigenvalue weighted by Gasteiger charge is 2.27. The fourth-order valence-corrected chi connectivity index (χ4v) is 1.97. The number of carbonyl (C=O) groups is 1. The molecule has 1 fully saturated rings. The third kappa shape index (κ3) is 3.68. The van der Waals surface area contributed by atoms with Crippen LogP contribution in [0.5, 0.6) is 0 Å². The summed E-state index contributed by atoms with van der Waals surface area (Å²) in [5, 5.41) is 11.9. The van der Waals surface area contributed by atoms with Gasteiger partial charge in [0.25, 0.3) is 0 Å². The van der Waals surface area contributed by atoms with Gasteiger partial charge in [0, 0.05) is 16.6 Å². The molecule has 1 aromatic rings. The average molecular weight is 296 g/mol. The number of aliphatic hydroxyl groups excluding tert-OH is 1. The molecule has 1 saturated carbocycles. The highest BCUT2D eigenvalue weighted by molar-refractivity contribution is 9.10. The van der Waals surface area contributed by atoms with Crippen molar-refractivity contribution in [3.8, 4) is 0 Å². The van der Waals surface area contributed by atoms with Gasteiger partial charge < -0.3 is 10.4 Å². The molecule has 0 atom stereocenters.